The van der Waals surface area contributed by atoms with E-state index in [4.69, 9.17) is 0 Å². The molecule has 2 aliphatic rings. The highest BCUT2D eigenvalue weighted by molar-refractivity contribution is 5.92. The first-order chi connectivity index (χ1) is 9.76. The number of hydrogen-bond donors (Lipinski definition) is 2. The molecule has 0 spiro atoms. The fraction of sp³-hybridized carbons (Fsp3) is 0.643. The predicted molar refractivity (Wildman–Crippen MR) is 76.7 cm³/mol. The smallest absolute Gasteiger partial charge is 0.272 e. The molecule has 2 aliphatic heterocycles. The van der Waals surface area contributed by atoms with Gasteiger partial charge in [-0.1, -0.05) is 0 Å². The lowest BCUT2D eigenvalue weighted by atomic mass is 9.97. The molecule has 20 heavy (non-hydrogen) atoms. The first-order valence-electron chi connectivity index (χ1n) is 7.32. The second kappa shape index (κ2) is 5.75. The number of fused-ring (bicyclic) bond motifs is 1. The molecule has 1 aromatic heterocycles. The largest absolute Gasteiger partial charge is 0.372 e. The number of rotatable bonds is 3. The van der Waals surface area contributed by atoms with Gasteiger partial charge in [0.1, 0.15) is 5.82 Å². The molecule has 0 aliphatic carbocycles. The minimum absolute atomic E-state index is 0.114. The number of amides is 1. The Morgan fingerprint density at radius 1 is 1.30 bits per heavy atom. The third-order valence-electron chi connectivity index (χ3n) is 4.31. The van der Waals surface area contributed by atoms with E-state index < -0.39 is 0 Å². The summed E-state index contributed by atoms with van der Waals surface area (Å²) in [6, 6.07) is 4.40. The Labute approximate surface area is 118 Å². The number of nitrogens with one attached hydrogen (secondary N) is 2. The zero-order valence-electron chi connectivity index (χ0n) is 11.8. The third kappa shape index (κ3) is 2.75. The van der Waals surface area contributed by atoms with Crippen LogP contribution in [-0.2, 0) is 0 Å². The number of carbonyl (C=O) groups is 1. The molecule has 2 saturated heterocycles. The standard InChI is InChI=1S/C14H21N5O/c1-15-13-5-4-12(17-18-13)14(20)16-10-6-8-19-7-2-3-11(19)9-10/h4-5,10-11H,2-3,6-9H2,1H3,(H,15,18)(H,16,20). The lowest BCUT2D eigenvalue weighted by molar-refractivity contribution is 0.0890. The van der Waals surface area contributed by atoms with E-state index in [9.17, 15) is 4.79 Å². The van der Waals surface area contributed by atoms with E-state index in [1.807, 2.05) is 0 Å². The maximum Gasteiger partial charge on any atom is 0.272 e. The lowest BCUT2D eigenvalue weighted by Gasteiger charge is -2.35. The fourth-order valence-electron chi connectivity index (χ4n) is 3.20. The van der Waals surface area contributed by atoms with Crippen LogP contribution in [0, 0.1) is 0 Å². The van der Waals surface area contributed by atoms with Crippen molar-refractivity contribution in [2.75, 3.05) is 25.5 Å². The Kier molecular flexibility index (Phi) is 3.82. The van der Waals surface area contributed by atoms with Gasteiger partial charge in [0.25, 0.3) is 5.91 Å². The van der Waals surface area contributed by atoms with Crippen LogP contribution < -0.4 is 10.6 Å². The number of hydrogen-bond acceptors (Lipinski definition) is 5. The van der Waals surface area contributed by atoms with Crippen LogP contribution in [0.5, 0.6) is 0 Å². The first kappa shape index (κ1) is 13.3. The molecule has 108 valence electrons. The van der Waals surface area contributed by atoms with E-state index in [-0.39, 0.29) is 11.9 Å². The van der Waals surface area contributed by atoms with Crippen LogP contribution >= 0.6 is 0 Å². The van der Waals surface area contributed by atoms with Crippen LogP contribution in [0.15, 0.2) is 12.1 Å². The average molecular weight is 275 g/mol. The molecule has 3 heterocycles. The summed E-state index contributed by atoms with van der Waals surface area (Å²) >= 11 is 0. The zero-order valence-corrected chi connectivity index (χ0v) is 11.8. The molecule has 6 heteroatoms. The lowest BCUT2D eigenvalue weighted by Crippen LogP contribution is -2.47. The molecular formula is C14H21N5O. The maximum absolute atomic E-state index is 12.2. The monoisotopic (exact) mass is 275 g/mol. The van der Waals surface area contributed by atoms with Crippen molar-refractivity contribution in [1.82, 2.24) is 20.4 Å². The minimum atomic E-state index is -0.114. The van der Waals surface area contributed by atoms with Crippen LogP contribution in [0.25, 0.3) is 0 Å². The Bertz CT molecular complexity index is 475. The van der Waals surface area contributed by atoms with Gasteiger partial charge in [-0.05, 0) is 44.4 Å². The molecule has 2 N–H and O–H groups in total. The molecule has 2 fully saturated rings. The van der Waals surface area contributed by atoms with Crippen LogP contribution in [0.4, 0.5) is 5.82 Å². The van der Waals surface area contributed by atoms with Crippen molar-refractivity contribution in [2.45, 2.75) is 37.8 Å². The average Bonchev–Trinajstić information content (AvgIpc) is 2.95. The summed E-state index contributed by atoms with van der Waals surface area (Å²) in [6.07, 6.45) is 4.66. The SMILES string of the molecule is CNc1ccc(C(=O)NC2CCN3CCCC3C2)nn1. The fourth-order valence-corrected chi connectivity index (χ4v) is 3.20. The van der Waals surface area contributed by atoms with Crippen LogP contribution in [0.1, 0.15) is 36.2 Å². The van der Waals surface area contributed by atoms with Crippen molar-refractivity contribution in [3.8, 4) is 0 Å². The van der Waals surface area contributed by atoms with Crippen molar-refractivity contribution >= 4 is 11.7 Å². The molecule has 1 amide bonds. The summed E-state index contributed by atoms with van der Waals surface area (Å²) in [5.41, 5.74) is 0.387. The van der Waals surface area contributed by atoms with Crippen LogP contribution in [0.2, 0.25) is 0 Å². The molecule has 0 radical (unpaired) electrons. The second-order valence-corrected chi connectivity index (χ2v) is 5.58. The third-order valence-corrected chi connectivity index (χ3v) is 4.31. The van der Waals surface area contributed by atoms with Crippen molar-refractivity contribution in [3.05, 3.63) is 17.8 Å². The van der Waals surface area contributed by atoms with Gasteiger partial charge in [-0.25, -0.2) is 0 Å². The Morgan fingerprint density at radius 3 is 2.95 bits per heavy atom. The molecule has 1 aromatic rings. The zero-order chi connectivity index (χ0) is 13.9. The highest BCUT2D eigenvalue weighted by Gasteiger charge is 2.32. The van der Waals surface area contributed by atoms with Gasteiger partial charge < -0.3 is 15.5 Å². The van der Waals surface area contributed by atoms with Gasteiger partial charge in [0.2, 0.25) is 0 Å². The molecule has 2 unspecified atom stereocenters. The maximum atomic E-state index is 12.2. The summed E-state index contributed by atoms with van der Waals surface area (Å²) in [5.74, 6) is 0.553. The summed E-state index contributed by atoms with van der Waals surface area (Å²) in [5, 5.41) is 13.9. The summed E-state index contributed by atoms with van der Waals surface area (Å²) in [4.78, 5) is 14.7. The van der Waals surface area contributed by atoms with Crippen LogP contribution in [0.3, 0.4) is 0 Å². The predicted octanol–water partition coefficient (Wildman–Crippen LogP) is 0.875. The number of aromatic nitrogens is 2. The van der Waals surface area contributed by atoms with Gasteiger partial charge in [-0.2, -0.15) is 0 Å². The van der Waals surface area contributed by atoms with Crippen LogP contribution in [-0.4, -0.2) is 53.2 Å². The first-order valence-corrected chi connectivity index (χ1v) is 7.32. The molecule has 2 atom stereocenters. The summed E-state index contributed by atoms with van der Waals surface area (Å²) < 4.78 is 0. The topological polar surface area (TPSA) is 70.2 Å². The molecule has 0 aromatic carbocycles. The number of piperidine rings is 1. The van der Waals surface area contributed by atoms with E-state index in [1.54, 1.807) is 19.2 Å². The molecule has 6 nitrogen and oxygen atoms in total. The summed E-state index contributed by atoms with van der Waals surface area (Å²) in [7, 11) is 1.78. The highest BCUT2D eigenvalue weighted by Crippen LogP contribution is 2.26. The van der Waals surface area contributed by atoms with E-state index in [1.165, 1.54) is 19.4 Å². The van der Waals surface area contributed by atoms with Gasteiger partial charge in [0.15, 0.2) is 5.69 Å². The number of anilines is 1. The van der Waals surface area contributed by atoms with Gasteiger partial charge in [0, 0.05) is 25.7 Å². The Balaban J connectivity index is 1.58. The number of nitrogens with zero attached hydrogens (tertiary/aromatic N) is 3. The summed E-state index contributed by atoms with van der Waals surface area (Å²) in [6.45, 7) is 2.32. The Hall–Kier alpha value is -1.69. The van der Waals surface area contributed by atoms with Gasteiger partial charge in [-0.15, -0.1) is 10.2 Å². The van der Waals surface area contributed by atoms with E-state index in [0.717, 1.165) is 19.4 Å². The normalized spacial score (nSPS) is 26.1. The minimum Gasteiger partial charge on any atom is -0.372 e. The van der Waals surface area contributed by atoms with Gasteiger partial charge >= 0.3 is 0 Å². The highest BCUT2D eigenvalue weighted by atomic mass is 16.2. The van der Waals surface area contributed by atoms with Crippen molar-refractivity contribution in [3.63, 3.8) is 0 Å². The number of carbonyl (C=O) groups excluding carboxylic acids is 1. The second-order valence-electron chi connectivity index (χ2n) is 5.58. The quantitative estimate of drug-likeness (QED) is 0.857. The Morgan fingerprint density at radius 2 is 2.20 bits per heavy atom. The van der Waals surface area contributed by atoms with E-state index in [0.29, 0.717) is 17.6 Å². The van der Waals surface area contributed by atoms with Gasteiger partial charge in [-0.3, -0.25) is 4.79 Å². The van der Waals surface area contributed by atoms with Crippen molar-refractivity contribution in [2.24, 2.45) is 0 Å². The molecular weight excluding hydrogens is 254 g/mol. The van der Waals surface area contributed by atoms with Gasteiger partial charge in [0.05, 0.1) is 0 Å². The molecule has 0 bridgehead atoms. The molecule has 0 saturated carbocycles. The van der Waals surface area contributed by atoms with E-state index in [2.05, 4.69) is 25.7 Å². The van der Waals surface area contributed by atoms with Crippen molar-refractivity contribution in [1.29, 1.82) is 0 Å². The van der Waals surface area contributed by atoms with E-state index >= 15 is 0 Å². The van der Waals surface area contributed by atoms with Crippen molar-refractivity contribution < 1.29 is 4.79 Å². The molecule has 3 rings (SSSR count).